The van der Waals surface area contributed by atoms with Gasteiger partial charge in [0.2, 0.25) is 0 Å². The number of hydrogen-bond acceptors (Lipinski definition) is 3. The lowest BCUT2D eigenvalue weighted by Gasteiger charge is -2.02. The number of nitrogens with zero attached hydrogens (tertiary/aromatic N) is 1. The summed E-state index contributed by atoms with van der Waals surface area (Å²) in [5.74, 6) is 5.09. The van der Waals surface area contributed by atoms with Crippen molar-refractivity contribution in [2.75, 3.05) is 12.4 Å². The zero-order valence-electron chi connectivity index (χ0n) is 6.58. The number of carbonyl (C=O) groups is 1. The molecule has 12 heavy (non-hydrogen) atoms. The van der Waals surface area contributed by atoms with Gasteiger partial charge in [0.25, 0.3) is 0 Å². The molecule has 0 bridgehead atoms. The van der Waals surface area contributed by atoms with Gasteiger partial charge in [0, 0.05) is 0 Å². The summed E-state index contributed by atoms with van der Waals surface area (Å²) in [4.78, 5) is 11.1. The molecule has 1 rings (SSSR count). The average Bonchev–Trinajstić information content (AvgIpc) is 2.34. The second kappa shape index (κ2) is 3.62. The van der Waals surface area contributed by atoms with Crippen molar-refractivity contribution in [3.63, 3.8) is 0 Å². The molecular weight excluding hydrogens is 224 g/mol. The Kier molecular flexibility index (Phi) is 2.75. The van der Waals surface area contributed by atoms with Crippen molar-refractivity contribution >= 4 is 21.9 Å². The fourth-order valence-electron chi connectivity index (χ4n) is 0.795. The minimum atomic E-state index is -0.411. The third-order valence-electron chi connectivity index (χ3n) is 1.35. The van der Waals surface area contributed by atoms with Crippen LogP contribution in [0.3, 0.4) is 0 Å². The van der Waals surface area contributed by atoms with Crippen molar-refractivity contribution in [3.8, 4) is 0 Å². The molecule has 2 N–H and O–H groups in total. The van der Waals surface area contributed by atoms with Crippen molar-refractivity contribution in [2.45, 2.75) is 6.92 Å². The van der Waals surface area contributed by atoms with E-state index in [9.17, 15) is 4.79 Å². The van der Waals surface area contributed by atoms with E-state index < -0.39 is 5.97 Å². The molecule has 1 aromatic heterocycles. The van der Waals surface area contributed by atoms with E-state index in [-0.39, 0.29) is 0 Å². The van der Waals surface area contributed by atoms with Crippen molar-refractivity contribution < 1.29 is 9.53 Å². The van der Waals surface area contributed by atoms with E-state index in [1.807, 2.05) is 0 Å². The molecule has 0 aliphatic rings. The summed E-state index contributed by atoms with van der Waals surface area (Å²) in [6.45, 7) is 2.10. The first-order chi connectivity index (χ1) is 5.66. The minimum absolute atomic E-state index is 0.337. The highest BCUT2D eigenvalue weighted by Crippen LogP contribution is 2.12. The quantitative estimate of drug-likeness (QED) is 0.615. The number of halogens is 1. The van der Waals surface area contributed by atoms with Gasteiger partial charge in [0.15, 0.2) is 0 Å². The first-order valence-electron chi connectivity index (χ1n) is 3.46. The lowest BCUT2D eigenvalue weighted by Crippen LogP contribution is -2.18. The van der Waals surface area contributed by atoms with Gasteiger partial charge in [-0.1, -0.05) is 0 Å². The lowest BCUT2D eigenvalue weighted by atomic mass is 10.4. The number of carbonyl (C=O) groups excluding carboxylic acids is 1. The Labute approximate surface area is 78.4 Å². The predicted octanol–water partition coefficient (Wildman–Crippen LogP) is 1.14. The number of hydrogen-bond donors (Lipinski definition) is 1. The van der Waals surface area contributed by atoms with Crippen LogP contribution in [0.5, 0.6) is 0 Å². The average molecular weight is 233 g/mol. The van der Waals surface area contributed by atoms with Gasteiger partial charge in [-0.25, -0.2) is 9.47 Å². The van der Waals surface area contributed by atoms with E-state index in [1.54, 1.807) is 19.1 Å². The molecule has 0 saturated carbocycles. The van der Waals surface area contributed by atoms with Gasteiger partial charge >= 0.3 is 5.97 Å². The molecule has 5 heteroatoms. The normalized spacial score (nSPS) is 9.83. The molecule has 0 fully saturated rings. The molecule has 0 aliphatic heterocycles. The molecule has 0 aromatic carbocycles. The summed E-state index contributed by atoms with van der Waals surface area (Å²) < 4.78 is 6.64. The monoisotopic (exact) mass is 232 g/mol. The summed E-state index contributed by atoms with van der Waals surface area (Å²) in [5, 5.41) is 0. The number of nitrogen functional groups attached to an aromatic ring is 1. The van der Waals surface area contributed by atoms with Crippen LogP contribution in [-0.2, 0) is 4.74 Å². The van der Waals surface area contributed by atoms with Crippen molar-refractivity contribution in [1.29, 1.82) is 0 Å². The van der Waals surface area contributed by atoms with Crippen molar-refractivity contribution in [2.24, 2.45) is 0 Å². The second-order valence-corrected chi connectivity index (χ2v) is 2.94. The van der Waals surface area contributed by atoms with Crippen LogP contribution in [0.25, 0.3) is 0 Å². The Morgan fingerprint density at radius 1 is 1.75 bits per heavy atom. The van der Waals surface area contributed by atoms with E-state index in [1.165, 1.54) is 4.68 Å². The molecule has 0 radical (unpaired) electrons. The maximum absolute atomic E-state index is 11.1. The van der Waals surface area contributed by atoms with Crippen LogP contribution < -0.4 is 5.84 Å². The first-order valence-corrected chi connectivity index (χ1v) is 4.25. The molecule has 4 nitrogen and oxygen atoms in total. The molecule has 0 spiro atoms. The Balaban J connectivity index is 2.88. The lowest BCUT2D eigenvalue weighted by molar-refractivity contribution is 0.0516. The van der Waals surface area contributed by atoms with Crippen LogP contribution in [0.1, 0.15) is 17.4 Å². The zero-order valence-corrected chi connectivity index (χ0v) is 8.17. The Bertz CT molecular complexity index is 296. The summed E-state index contributed by atoms with van der Waals surface area (Å²) in [6, 6.07) is 3.29. The Morgan fingerprint density at radius 3 is 2.83 bits per heavy atom. The largest absolute Gasteiger partial charge is 0.461 e. The van der Waals surface area contributed by atoms with Gasteiger partial charge in [-0.3, -0.25) is 0 Å². The van der Waals surface area contributed by atoms with E-state index in [4.69, 9.17) is 10.6 Å². The molecule has 0 saturated heterocycles. The highest BCUT2D eigenvalue weighted by molar-refractivity contribution is 9.10. The summed E-state index contributed by atoms with van der Waals surface area (Å²) >= 11 is 3.17. The van der Waals surface area contributed by atoms with E-state index in [2.05, 4.69) is 15.9 Å². The van der Waals surface area contributed by atoms with Gasteiger partial charge in [0.05, 0.1) is 6.61 Å². The second-order valence-electron chi connectivity index (χ2n) is 2.13. The molecule has 1 aromatic rings. The first kappa shape index (κ1) is 9.12. The number of nitrogens with two attached hydrogens (primary N) is 1. The van der Waals surface area contributed by atoms with Crippen LogP contribution in [0.4, 0.5) is 0 Å². The van der Waals surface area contributed by atoms with Crippen LogP contribution in [-0.4, -0.2) is 17.3 Å². The molecular formula is C7H9BrN2O2. The Morgan fingerprint density at radius 2 is 2.42 bits per heavy atom. The minimum Gasteiger partial charge on any atom is -0.461 e. The van der Waals surface area contributed by atoms with Crippen molar-refractivity contribution in [3.05, 3.63) is 22.4 Å². The molecule has 66 valence electrons. The topological polar surface area (TPSA) is 57.2 Å². The van der Waals surface area contributed by atoms with Gasteiger partial charge in [-0.15, -0.1) is 0 Å². The smallest absolute Gasteiger partial charge is 0.356 e. The summed E-state index contributed by atoms with van der Waals surface area (Å²) in [7, 11) is 0. The van der Waals surface area contributed by atoms with Gasteiger partial charge < -0.3 is 10.6 Å². The molecule has 0 atom stereocenters. The van der Waals surface area contributed by atoms with Gasteiger partial charge in [-0.2, -0.15) is 0 Å². The molecule has 0 aliphatic carbocycles. The van der Waals surface area contributed by atoms with Crippen LogP contribution in [0, 0.1) is 0 Å². The fraction of sp³-hybridized carbons (Fsp3) is 0.286. The fourth-order valence-corrected chi connectivity index (χ4v) is 1.12. The number of esters is 1. The van der Waals surface area contributed by atoms with E-state index in [0.717, 1.165) is 0 Å². The number of rotatable bonds is 2. The SMILES string of the molecule is CCOC(=O)c1ccc(Br)n1N. The Hall–Kier alpha value is -0.970. The third kappa shape index (κ3) is 1.61. The van der Waals surface area contributed by atoms with Gasteiger partial charge in [-0.05, 0) is 35.0 Å². The summed E-state index contributed by atoms with van der Waals surface area (Å²) in [5.41, 5.74) is 0.337. The maximum atomic E-state index is 11.1. The van der Waals surface area contributed by atoms with Crippen LogP contribution in [0.2, 0.25) is 0 Å². The summed E-state index contributed by atoms with van der Waals surface area (Å²) in [6.07, 6.45) is 0. The number of aromatic nitrogens is 1. The highest BCUT2D eigenvalue weighted by atomic mass is 79.9. The van der Waals surface area contributed by atoms with Crippen LogP contribution in [0.15, 0.2) is 16.7 Å². The molecule has 1 heterocycles. The molecule has 0 unspecified atom stereocenters. The van der Waals surface area contributed by atoms with E-state index >= 15 is 0 Å². The predicted molar refractivity (Wildman–Crippen MR) is 48.2 cm³/mol. The van der Waals surface area contributed by atoms with E-state index in [0.29, 0.717) is 16.9 Å². The van der Waals surface area contributed by atoms with Crippen molar-refractivity contribution in [1.82, 2.24) is 4.68 Å². The van der Waals surface area contributed by atoms with Crippen LogP contribution >= 0.6 is 15.9 Å². The van der Waals surface area contributed by atoms with Gasteiger partial charge in [0.1, 0.15) is 10.3 Å². The standard InChI is InChI=1S/C7H9BrN2O2/c1-2-12-7(11)5-3-4-6(8)10(5)9/h3-4H,2,9H2,1H3. The highest BCUT2D eigenvalue weighted by Gasteiger charge is 2.12. The third-order valence-corrected chi connectivity index (χ3v) is 2.00. The maximum Gasteiger partial charge on any atom is 0.356 e. The molecule has 0 amide bonds. The number of ether oxygens (including phenoxy) is 1. The zero-order chi connectivity index (χ0) is 9.14.